The maximum absolute atomic E-state index is 11.5. The van der Waals surface area contributed by atoms with Crippen LogP contribution in [0.4, 0.5) is 0 Å². The molecule has 0 aromatic rings. The van der Waals surface area contributed by atoms with E-state index in [1.807, 2.05) is 0 Å². The average molecular weight is 347 g/mol. The van der Waals surface area contributed by atoms with E-state index < -0.39 is 41.7 Å². The molecule has 1 aliphatic rings. The van der Waals surface area contributed by atoms with Crippen molar-refractivity contribution < 1.29 is 42.9 Å². The summed E-state index contributed by atoms with van der Waals surface area (Å²) in [5.74, 6) is -5.59. The highest BCUT2D eigenvalue weighted by Gasteiger charge is 2.64. The summed E-state index contributed by atoms with van der Waals surface area (Å²) >= 11 is 0. The molecule has 1 fully saturated rings. The molecular weight excluding hydrogens is 326 g/mol. The molecule has 1 aliphatic heterocycles. The monoisotopic (exact) mass is 347 g/mol. The van der Waals surface area contributed by atoms with Crippen LogP contribution in [-0.4, -0.2) is 48.3 Å². The van der Waals surface area contributed by atoms with Crippen molar-refractivity contribution >= 4 is 23.9 Å². The van der Waals surface area contributed by atoms with Gasteiger partial charge in [-0.15, -0.1) is 0 Å². The van der Waals surface area contributed by atoms with E-state index in [1.54, 1.807) is 0 Å². The molecule has 0 spiro atoms. The normalized spacial score (nSPS) is 25.3. The molecule has 0 amide bonds. The lowest BCUT2D eigenvalue weighted by molar-refractivity contribution is -0.435. The fourth-order valence-corrected chi connectivity index (χ4v) is 2.22. The van der Waals surface area contributed by atoms with Gasteiger partial charge in [0.05, 0.1) is 0 Å². The zero-order chi connectivity index (χ0) is 18.5. The van der Waals surface area contributed by atoms with Gasteiger partial charge >= 0.3 is 29.9 Å². The number of carbonyl (C=O) groups excluding carboxylic acids is 4. The average Bonchev–Trinajstić information content (AvgIpc) is 2.38. The Kier molecular flexibility index (Phi) is 6.27. The van der Waals surface area contributed by atoms with Crippen molar-refractivity contribution in [1.29, 1.82) is 0 Å². The molecule has 0 aromatic heterocycles. The van der Waals surface area contributed by atoms with Crippen molar-refractivity contribution in [3.05, 3.63) is 0 Å². The number of hydrogen-bond acceptors (Lipinski definition) is 10. The van der Waals surface area contributed by atoms with Gasteiger partial charge in [0, 0.05) is 34.1 Å². The van der Waals surface area contributed by atoms with Crippen molar-refractivity contribution in [1.82, 2.24) is 0 Å². The molecule has 2 atom stereocenters. The second kappa shape index (κ2) is 7.58. The standard InChI is InChI=1S/C14H21NO9/c1-8(16)20-7-12-5-6-13(15,21-9(2)17)14(24-12,22-10(3)18)23-11(4)19/h12H,5-7,15H2,1-4H3. The Morgan fingerprint density at radius 3 is 1.88 bits per heavy atom. The largest absolute Gasteiger partial charge is 0.463 e. The van der Waals surface area contributed by atoms with Crippen molar-refractivity contribution in [3.63, 3.8) is 0 Å². The first kappa shape index (κ1) is 19.8. The van der Waals surface area contributed by atoms with Gasteiger partial charge in [-0.2, -0.15) is 0 Å². The Bertz CT molecular complexity index is 516. The number of ether oxygens (including phenoxy) is 5. The Morgan fingerprint density at radius 1 is 0.958 bits per heavy atom. The quantitative estimate of drug-likeness (QED) is 0.401. The first-order valence-corrected chi connectivity index (χ1v) is 7.18. The summed E-state index contributed by atoms with van der Waals surface area (Å²) in [6, 6.07) is 0. The molecule has 1 heterocycles. The van der Waals surface area contributed by atoms with Crippen LogP contribution < -0.4 is 5.73 Å². The van der Waals surface area contributed by atoms with Gasteiger partial charge in [-0.05, 0) is 6.42 Å². The Labute approximate surface area is 138 Å². The molecule has 10 nitrogen and oxygen atoms in total. The maximum atomic E-state index is 11.5. The van der Waals surface area contributed by atoms with E-state index in [0.717, 1.165) is 20.8 Å². The van der Waals surface area contributed by atoms with Crippen LogP contribution in [0, 0.1) is 0 Å². The van der Waals surface area contributed by atoms with Crippen LogP contribution in [0.25, 0.3) is 0 Å². The summed E-state index contributed by atoms with van der Waals surface area (Å²) in [7, 11) is 0. The minimum atomic E-state index is -2.49. The zero-order valence-corrected chi connectivity index (χ0v) is 14.0. The smallest absolute Gasteiger partial charge is 0.433 e. The Hall–Kier alpha value is -2.20. The molecule has 2 N–H and O–H groups in total. The minimum Gasteiger partial charge on any atom is -0.463 e. The molecule has 24 heavy (non-hydrogen) atoms. The van der Waals surface area contributed by atoms with E-state index >= 15 is 0 Å². The molecule has 0 aromatic carbocycles. The molecule has 10 heteroatoms. The van der Waals surface area contributed by atoms with E-state index in [1.165, 1.54) is 6.92 Å². The SMILES string of the molecule is CC(=O)OCC1CCC(N)(OC(C)=O)C(OC(C)=O)(OC(C)=O)O1. The topological polar surface area (TPSA) is 140 Å². The van der Waals surface area contributed by atoms with Crippen LogP contribution in [0.2, 0.25) is 0 Å². The molecule has 1 saturated heterocycles. The molecule has 1 rings (SSSR count). The second-order valence-corrected chi connectivity index (χ2v) is 5.31. The Balaban J connectivity index is 3.18. The number of nitrogens with two attached hydrogens (primary N) is 1. The van der Waals surface area contributed by atoms with Gasteiger partial charge in [-0.3, -0.25) is 29.6 Å². The van der Waals surface area contributed by atoms with Crippen molar-refractivity contribution in [3.8, 4) is 0 Å². The molecule has 0 saturated carbocycles. The number of hydrogen-bond donors (Lipinski definition) is 1. The predicted octanol–water partition coefficient (Wildman–Crippen LogP) is -0.273. The lowest BCUT2D eigenvalue weighted by Gasteiger charge is -2.47. The number of esters is 4. The maximum Gasteiger partial charge on any atom is 0.433 e. The van der Waals surface area contributed by atoms with Crippen LogP contribution in [-0.2, 0) is 42.9 Å². The summed E-state index contributed by atoms with van der Waals surface area (Å²) in [4.78, 5) is 45.2. The fraction of sp³-hybridized carbons (Fsp3) is 0.714. The highest BCUT2D eigenvalue weighted by atomic mass is 16.9. The molecule has 0 radical (unpaired) electrons. The van der Waals surface area contributed by atoms with Gasteiger partial charge in [-0.25, -0.2) is 0 Å². The molecule has 136 valence electrons. The fourth-order valence-electron chi connectivity index (χ4n) is 2.22. The van der Waals surface area contributed by atoms with Crippen LogP contribution in [0.1, 0.15) is 40.5 Å². The van der Waals surface area contributed by atoms with Crippen LogP contribution in [0.3, 0.4) is 0 Å². The van der Waals surface area contributed by atoms with Gasteiger partial charge in [0.15, 0.2) is 0 Å². The molecule has 0 bridgehead atoms. The summed E-state index contributed by atoms with van der Waals surface area (Å²) < 4.78 is 25.4. The van der Waals surface area contributed by atoms with Gasteiger partial charge in [0.2, 0.25) is 0 Å². The first-order chi connectivity index (χ1) is 11.0. The van der Waals surface area contributed by atoms with E-state index in [4.69, 9.17) is 29.4 Å². The lowest BCUT2D eigenvalue weighted by atomic mass is 9.98. The molecule has 2 unspecified atom stereocenters. The number of carbonyl (C=O) groups is 4. The lowest BCUT2D eigenvalue weighted by Crippen LogP contribution is -2.71. The van der Waals surface area contributed by atoms with Gasteiger partial charge in [-0.1, -0.05) is 0 Å². The number of rotatable bonds is 5. The van der Waals surface area contributed by atoms with E-state index in [2.05, 4.69) is 0 Å². The van der Waals surface area contributed by atoms with E-state index in [9.17, 15) is 19.2 Å². The summed E-state index contributed by atoms with van der Waals surface area (Å²) in [5.41, 5.74) is 3.97. The third kappa shape index (κ3) is 4.90. The third-order valence-electron chi connectivity index (χ3n) is 3.03. The molecular formula is C14H21NO9. The summed E-state index contributed by atoms with van der Waals surface area (Å²) in [6.07, 6.45) is -0.666. The second-order valence-electron chi connectivity index (χ2n) is 5.31. The van der Waals surface area contributed by atoms with Gasteiger partial charge in [0.25, 0.3) is 5.72 Å². The highest BCUT2D eigenvalue weighted by Crippen LogP contribution is 2.39. The van der Waals surface area contributed by atoms with Gasteiger partial charge in [0.1, 0.15) is 12.7 Å². The van der Waals surface area contributed by atoms with Crippen molar-refractivity contribution in [2.45, 2.75) is 58.3 Å². The minimum absolute atomic E-state index is 0.0704. The van der Waals surface area contributed by atoms with Crippen molar-refractivity contribution in [2.24, 2.45) is 5.73 Å². The third-order valence-corrected chi connectivity index (χ3v) is 3.03. The van der Waals surface area contributed by atoms with Crippen molar-refractivity contribution in [2.75, 3.05) is 6.61 Å². The van der Waals surface area contributed by atoms with Crippen LogP contribution >= 0.6 is 0 Å². The highest BCUT2D eigenvalue weighted by molar-refractivity contribution is 5.70. The molecule has 0 aliphatic carbocycles. The van der Waals surface area contributed by atoms with Crippen LogP contribution in [0.5, 0.6) is 0 Å². The summed E-state index contributed by atoms with van der Waals surface area (Å²) in [6.45, 7) is 4.19. The van der Waals surface area contributed by atoms with Crippen LogP contribution in [0.15, 0.2) is 0 Å². The van der Waals surface area contributed by atoms with Gasteiger partial charge < -0.3 is 18.9 Å². The summed E-state index contributed by atoms with van der Waals surface area (Å²) in [5, 5.41) is 0. The zero-order valence-electron chi connectivity index (χ0n) is 14.0. The first-order valence-electron chi connectivity index (χ1n) is 7.18. The predicted molar refractivity (Wildman–Crippen MR) is 75.7 cm³/mol. The Morgan fingerprint density at radius 2 is 1.46 bits per heavy atom. The van der Waals surface area contributed by atoms with E-state index in [0.29, 0.717) is 0 Å². The van der Waals surface area contributed by atoms with E-state index in [-0.39, 0.29) is 19.4 Å².